The molecular formula is C11H17N5O. The summed E-state index contributed by atoms with van der Waals surface area (Å²) in [7, 11) is 2.10. The van der Waals surface area contributed by atoms with E-state index in [9.17, 15) is 0 Å². The summed E-state index contributed by atoms with van der Waals surface area (Å²) in [5, 5.41) is 11.8. The van der Waals surface area contributed by atoms with E-state index in [0.29, 0.717) is 5.69 Å². The third-order valence-electron chi connectivity index (χ3n) is 2.98. The second kappa shape index (κ2) is 5.01. The molecule has 0 atom stereocenters. The topological polar surface area (TPSA) is 78.0 Å². The van der Waals surface area contributed by atoms with Crippen LogP contribution in [0.5, 0.6) is 0 Å². The maximum atomic E-state index is 8.75. The Morgan fingerprint density at radius 1 is 1.41 bits per heavy atom. The fraction of sp³-hybridized carbons (Fsp3) is 0.455. The van der Waals surface area contributed by atoms with E-state index >= 15 is 0 Å². The van der Waals surface area contributed by atoms with Crippen molar-refractivity contribution in [3.8, 4) is 0 Å². The molecule has 0 aliphatic carbocycles. The maximum absolute atomic E-state index is 8.75. The van der Waals surface area contributed by atoms with Gasteiger partial charge in [-0.25, -0.2) is 0 Å². The summed E-state index contributed by atoms with van der Waals surface area (Å²) < 4.78 is 0. The number of amidine groups is 1. The van der Waals surface area contributed by atoms with Gasteiger partial charge in [0.1, 0.15) is 5.69 Å². The molecule has 0 amide bonds. The molecule has 0 saturated carbocycles. The second-order valence-corrected chi connectivity index (χ2v) is 4.15. The zero-order valence-corrected chi connectivity index (χ0v) is 9.87. The highest BCUT2D eigenvalue weighted by Crippen LogP contribution is 2.19. The molecule has 2 rings (SSSR count). The van der Waals surface area contributed by atoms with Gasteiger partial charge in [0.2, 0.25) is 0 Å². The number of likely N-dealkylation sites (N-methyl/N-ethyl adjacent to an activating group) is 1. The highest BCUT2D eigenvalue weighted by Gasteiger charge is 2.18. The quantitative estimate of drug-likeness (QED) is 0.325. The number of oxime groups is 1. The van der Waals surface area contributed by atoms with Gasteiger partial charge >= 0.3 is 0 Å². The van der Waals surface area contributed by atoms with Crippen LogP contribution in [0.1, 0.15) is 5.69 Å². The van der Waals surface area contributed by atoms with Crippen molar-refractivity contribution in [3.05, 3.63) is 24.0 Å². The number of hydrogen-bond donors (Lipinski definition) is 2. The Morgan fingerprint density at radius 3 is 2.76 bits per heavy atom. The number of pyridine rings is 1. The normalized spacial score (nSPS) is 18.4. The van der Waals surface area contributed by atoms with Crippen LogP contribution >= 0.6 is 0 Å². The van der Waals surface area contributed by atoms with Gasteiger partial charge in [0.15, 0.2) is 5.84 Å². The summed E-state index contributed by atoms with van der Waals surface area (Å²) in [6.45, 7) is 3.86. The molecule has 1 aromatic heterocycles. The SMILES string of the molecule is CN1CCN(c2cccnc2/C(N)=N/O)CC1. The van der Waals surface area contributed by atoms with Crippen molar-refractivity contribution < 1.29 is 5.21 Å². The van der Waals surface area contributed by atoms with E-state index < -0.39 is 0 Å². The van der Waals surface area contributed by atoms with Gasteiger partial charge in [0.25, 0.3) is 0 Å². The van der Waals surface area contributed by atoms with Crippen molar-refractivity contribution in [2.45, 2.75) is 0 Å². The number of piperazine rings is 1. The number of aromatic nitrogens is 1. The first kappa shape index (κ1) is 11.7. The van der Waals surface area contributed by atoms with Crippen LogP contribution < -0.4 is 10.6 Å². The fourth-order valence-corrected chi connectivity index (χ4v) is 1.94. The molecule has 1 aliphatic heterocycles. The molecule has 0 unspecified atom stereocenters. The lowest BCUT2D eigenvalue weighted by Gasteiger charge is -2.34. The Morgan fingerprint density at radius 2 is 2.12 bits per heavy atom. The van der Waals surface area contributed by atoms with Crippen LogP contribution in [-0.2, 0) is 0 Å². The van der Waals surface area contributed by atoms with Gasteiger partial charge in [-0.05, 0) is 19.2 Å². The van der Waals surface area contributed by atoms with Gasteiger partial charge < -0.3 is 20.7 Å². The fourth-order valence-electron chi connectivity index (χ4n) is 1.94. The number of anilines is 1. The van der Waals surface area contributed by atoms with Crippen molar-refractivity contribution in [1.29, 1.82) is 0 Å². The molecule has 1 fully saturated rings. The lowest BCUT2D eigenvalue weighted by molar-refractivity contribution is 0.312. The summed E-state index contributed by atoms with van der Waals surface area (Å²) >= 11 is 0. The minimum Gasteiger partial charge on any atom is -0.409 e. The van der Waals surface area contributed by atoms with Crippen LogP contribution in [-0.4, -0.2) is 54.2 Å². The second-order valence-electron chi connectivity index (χ2n) is 4.15. The van der Waals surface area contributed by atoms with Gasteiger partial charge in [0, 0.05) is 32.4 Å². The highest BCUT2D eigenvalue weighted by molar-refractivity contribution is 6.00. The molecule has 0 bridgehead atoms. The van der Waals surface area contributed by atoms with E-state index in [0.717, 1.165) is 31.9 Å². The summed E-state index contributed by atoms with van der Waals surface area (Å²) in [4.78, 5) is 8.66. The van der Waals surface area contributed by atoms with E-state index in [1.54, 1.807) is 6.20 Å². The van der Waals surface area contributed by atoms with Gasteiger partial charge in [-0.2, -0.15) is 0 Å². The summed E-state index contributed by atoms with van der Waals surface area (Å²) in [6, 6.07) is 3.81. The van der Waals surface area contributed by atoms with Crippen LogP contribution in [0.25, 0.3) is 0 Å². The Labute approximate surface area is 100 Å². The van der Waals surface area contributed by atoms with Crippen LogP contribution in [0.3, 0.4) is 0 Å². The average molecular weight is 235 g/mol. The zero-order valence-electron chi connectivity index (χ0n) is 9.87. The Balaban J connectivity index is 2.26. The lowest BCUT2D eigenvalue weighted by atomic mass is 10.2. The lowest BCUT2D eigenvalue weighted by Crippen LogP contribution is -2.45. The first-order valence-corrected chi connectivity index (χ1v) is 5.59. The molecule has 17 heavy (non-hydrogen) atoms. The van der Waals surface area contributed by atoms with E-state index in [1.807, 2.05) is 12.1 Å². The minimum atomic E-state index is 0.0551. The predicted octanol–water partition coefficient (Wildman–Crippen LogP) is -0.0721. The smallest absolute Gasteiger partial charge is 0.190 e. The summed E-state index contributed by atoms with van der Waals surface area (Å²) in [5.74, 6) is 0.0551. The Bertz CT molecular complexity index is 412. The Hall–Kier alpha value is -1.82. The molecule has 0 aromatic carbocycles. The monoisotopic (exact) mass is 235 g/mol. The van der Waals surface area contributed by atoms with Crippen molar-refractivity contribution in [3.63, 3.8) is 0 Å². The van der Waals surface area contributed by atoms with Crippen LogP contribution in [0, 0.1) is 0 Å². The van der Waals surface area contributed by atoms with Crippen LogP contribution in [0.15, 0.2) is 23.5 Å². The molecule has 92 valence electrons. The first-order chi connectivity index (χ1) is 8.22. The highest BCUT2D eigenvalue weighted by atomic mass is 16.4. The summed E-state index contributed by atoms with van der Waals surface area (Å²) in [6.07, 6.45) is 1.65. The van der Waals surface area contributed by atoms with Crippen molar-refractivity contribution >= 4 is 11.5 Å². The Kier molecular flexibility index (Phi) is 3.43. The van der Waals surface area contributed by atoms with E-state index in [4.69, 9.17) is 10.9 Å². The van der Waals surface area contributed by atoms with Gasteiger partial charge in [-0.3, -0.25) is 4.98 Å². The third kappa shape index (κ3) is 2.47. The molecule has 3 N–H and O–H groups in total. The third-order valence-corrected chi connectivity index (χ3v) is 2.98. The number of nitrogens with two attached hydrogens (primary N) is 1. The van der Waals surface area contributed by atoms with E-state index in [1.165, 1.54) is 0 Å². The number of hydrogen-bond acceptors (Lipinski definition) is 5. The van der Waals surface area contributed by atoms with E-state index in [2.05, 4.69) is 27.0 Å². The van der Waals surface area contributed by atoms with Crippen molar-refractivity contribution in [2.75, 3.05) is 38.1 Å². The molecule has 1 aromatic rings. The van der Waals surface area contributed by atoms with Gasteiger partial charge in [0.05, 0.1) is 5.69 Å². The van der Waals surface area contributed by atoms with Crippen LogP contribution in [0.4, 0.5) is 5.69 Å². The first-order valence-electron chi connectivity index (χ1n) is 5.59. The molecule has 2 heterocycles. The standard InChI is InChI=1S/C11H17N5O/c1-15-5-7-16(8-6-15)9-3-2-4-13-10(9)11(12)14-17/h2-4,17H,5-8H2,1H3,(H2,12,14). The maximum Gasteiger partial charge on any atom is 0.190 e. The minimum absolute atomic E-state index is 0.0551. The molecule has 1 saturated heterocycles. The molecule has 0 spiro atoms. The summed E-state index contributed by atoms with van der Waals surface area (Å²) in [5.41, 5.74) is 7.10. The molecule has 6 nitrogen and oxygen atoms in total. The zero-order chi connectivity index (χ0) is 12.3. The number of nitrogens with zero attached hydrogens (tertiary/aromatic N) is 4. The largest absolute Gasteiger partial charge is 0.409 e. The van der Waals surface area contributed by atoms with Crippen LogP contribution in [0.2, 0.25) is 0 Å². The van der Waals surface area contributed by atoms with E-state index in [-0.39, 0.29) is 5.84 Å². The molecular weight excluding hydrogens is 218 g/mol. The number of rotatable bonds is 2. The predicted molar refractivity (Wildman–Crippen MR) is 66.5 cm³/mol. The van der Waals surface area contributed by atoms with Gasteiger partial charge in [-0.1, -0.05) is 5.16 Å². The molecule has 1 aliphatic rings. The van der Waals surface area contributed by atoms with Crippen molar-refractivity contribution in [2.24, 2.45) is 10.9 Å². The molecule has 6 heteroatoms. The van der Waals surface area contributed by atoms with Crippen molar-refractivity contribution in [1.82, 2.24) is 9.88 Å². The average Bonchev–Trinajstić information content (AvgIpc) is 2.39. The molecule has 0 radical (unpaired) electrons. The van der Waals surface area contributed by atoms with Gasteiger partial charge in [-0.15, -0.1) is 0 Å².